The molecule has 0 N–H and O–H groups in total. The third kappa shape index (κ3) is 3.57. The van der Waals surface area contributed by atoms with Gasteiger partial charge in [-0.05, 0) is 50.2 Å². The molecule has 6 nitrogen and oxygen atoms in total. The quantitative estimate of drug-likeness (QED) is 0.836. The second-order valence-electron chi connectivity index (χ2n) is 7.62. The van der Waals surface area contributed by atoms with Crippen LogP contribution in [0.25, 0.3) is 11.5 Å². The zero-order chi connectivity index (χ0) is 17.3. The Morgan fingerprint density at radius 1 is 1.44 bits per heavy atom. The predicted octanol–water partition coefficient (Wildman–Crippen LogP) is 3.10. The zero-order valence-electron chi connectivity index (χ0n) is 14.6. The summed E-state index contributed by atoms with van der Waals surface area (Å²) in [6, 6.07) is 3.76. The Morgan fingerprint density at radius 3 is 3.08 bits per heavy atom. The van der Waals surface area contributed by atoms with Crippen LogP contribution in [-0.2, 0) is 11.2 Å². The van der Waals surface area contributed by atoms with Crippen LogP contribution < -0.4 is 0 Å². The van der Waals surface area contributed by atoms with Gasteiger partial charge in [0.15, 0.2) is 5.82 Å². The first-order chi connectivity index (χ1) is 12.1. The van der Waals surface area contributed by atoms with E-state index in [1.54, 1.807) is 12.4 Å². The molecule has 0 radical (unpaired) electrons. The first-order valence-electron chi connectivity index (χ1n) is 9.16. The van der Waals surface area contributed by atoms with E-state index >= 15 is 0 Å². The van der Waals surface area contributed by atoms with Gasteiger partial charge in [-0.1, -0.05) is 12.1 Å². The van der Waals surface area contributed by atoms with Crippen molar-refractivity contribution < 1.29 is 9.32 Å². The lowest BCUT2D eigenvalue weighted by molar-refractivity contribution is -0.138. The minimum absolute atomic E-state index is 0.0613. The van der Waals surface area contributed by atoms with E-state index in [0.29, 0.717) is 17.7 Å². The number of aryl methyl sites for hydroxylation is 1. The van der Waals surface area contributed by atoms with Crippen molar-refractivity contribution in [1.82, 2.24) is 20.0 Å². The molecule has 2 aromatic rings. The van der Waals surface area contributed by atoms with Crippen molar-refractivity contribution in [1.29, 1.82) is 0 Å². The number of amides is 1. The molecule has 1 atom stereocenters. The van der Waals surface area contributed by atoms with Gasteiger partial charge in [0.25, 0.3) is 5.89 Å². The van der Waals surface area contributed by atoms with E-state index in [1.165, 1.54) is 6.42 Å². The molecule has 1 amide bonds. The molecule has 0 aromatic carbocycles. The van der Waals surface area contributed by atoms with Gasteiger partial charge in [0.1, 0.15) is 0 Å². The van der Waals surface area contributed by atoms with E-state index in [9.17, 15) is 4.79 Å². The minimum Gasteiger partial charge on any atom is -0.342 e. The van der Waals surface area contributed by atoms with E-state index in [2.05, 4.69) is 26.9 Å². The van der Waals surface area contributed by atoms with Crippen molar-refractivity contribution in [3.05, 3.63) is 30.4 Å². The molecule has 6 heteroatoms. The Kier molecular flexibility index (Phi) is 4.27. The van der Waals surface area contributed by atoms with Gasteiger partial charge in [0, 0.05) is 37.3 Å². The fraction of sp³-hybridized carbons (Fsp3) is 0.579. The number of aromatic nitrogens is 3. The molecule has 1 aliphatic heterocycles. The normalized spacial score (nSPS) is 22.0. The SMILES string of the molecule is CC1(C(=O)N2CCCC(CCc3noc(-c4cccnc4)n3)C2)CC1. The number of carbonyl (C=O) groups excluding carboxylic acids is 1. The van der Waals surface area contributed by atoms with Gasteiger partial charge in [-0.2, -0.15) is 4.98 Å². The lowest BCUT2D eigenvalue weighted by atomic mass is 9.92. The molecule has 2 fully saturated rings. The molecular weight excluding hydrogens is 316 g/mol. The molecule has 1 saturated carbocycles. The van der Waals surface area contributed by atoms with Gasteiger partial charge >= 0.3 is 0 Å². The largest absolute Gasteiger partial charge is 0.342 e. The number of rotatable bonds is 5. The van der Waals surface area contributed by atoms with Gasteiger partial charge < -0.3 is 9.42 Å². The molecule has 132 valence electrons. The minimum atomic E-state index is -0.0613. The molecule has 1 aliphatic carbocycles. The van der Waals surface area contributed by atoms with Crippen molar-refractivity contribution in [2.45, 2.75) is 45.4 Å². The summed E-state index contributed by atoms with van der Waals surface area (Å²) in [5.41, 5.74) is 0.780. The Bertz CT molecular complexity index is 739. The molecule has 25 heavy (non-hydrogen) atoms. The Labute approximate surface area is 147 Å². The van der Waals surface area contributed by atoms with Crippen molar-refractivity contribution in [2.24, 2.45) is 11.3 Å². The number of carbonyl (C=O) groups is 1. The van der Waals surface area contributed by atoms with E-state index in [1.807, 2.05) is 12.1 Å². The maximum absolute atomic E-state index is 12.5. The highest BCUT2D eigenvalue weighted by molar-refractivity contribution is 5.85. The third-order valence-electron chi connectivity index (χ3n) is 5.48. The molecule has 0 spiro atoms. The highest BCUT2D eigenvalue weighted by atomic mass is 16.5. The number of pyridine rings is 1. The zero-order valence-corrected chi connectivity index (χ0v) is 14.6. The topological polar surface area (TPSA) is 72.1 Å². The average molecular weight is 340 g/mol. The van der Waals surface area contributed by atoms with Crippen LogP contribution in [-0.4, -0.2) is 39.0 Å². The van der Waals surface area contributed by atoms with Crippen LogP contribution in [0.1, 0.15) is 44.9 Å². The van der Waals surface area contributed by atoms with Crippen molar-refractivity contribution in [3.8, 4) is 11.5 Å². The van der Waals surface area contributed by atoms with Crippen LogP contribution in [0.3, 0.4) is 0 Å². The van der Waals surface area contributed by atoms with Crippen LogP contribution >= 0.6 is 0 Å². The van der Waals surface area contributed by atoms with Crippen LogP contribution in [0.5, 0.6) is 0 Å². The summed E-state index contributed by atoms with van der Waals surface area (Å²) in [4.78, 5) is 23.2. The summed E-state index contributed by atoms with van der Waals surface area (Å²) >= 11 is 0. The van der Waals surface area contributed by atoms with Gasteiger partial charge in [-0.25, -0.2) is 0 Å². The van der Waals surface area contributed by atoms with Crippen molar-refractivity contribution >= 4 is 5.91 Å². The van der Waals surface area contributed by atoms with Gasteiger partial charge in [0.2, 0.25) is 5.91 Å². The number of nitrogens with zero attached hydrogens (tertiary/aromatic N) is 4. The summed E-state index contributed by atoms with van der Waals surface area (Å²) in [6.07, 6.45) is 9.59. The molecule has 2 aliphatic rings. The Balaban J connectivity index is 1.32. The van der Waals surface area contributed by atoms with Crippen LogP contribution in [0.15, 0.2) is 29.0 Å². The summed E-state index contributed by atoms with van der Waals surface area (Å²) < 4.78 is 5.34. The molecule has 4 rings (SSSR count). The fourth-order valence-electron chi connectivity index (χ4n) is 3.56. The van der Waals surface area contributed by atoms with Gasteiger partial charge in [-0.15, -0.1) is 0 Å². The Morgan fingerprint density at radius 2 is 2.32 bits per heavy atom. The summed E-state index contributed by atoms with van der Waals surface area (Å²) in [5, 5.41) is 4.09. The summed E-state index contributed by atoms with van der Waals surface area (Å²) in [6.45, 7) is 3.89. The van der Waals surface area contributed by atoms with Crippen LogP contribution in [0.2, 0.25) is 0 Å². The van der Waals surface area contributed by atoms with E-state index in [0.717, 1.165) is 56.6 Å². The lowest BCUT2D eigenvalue weighted by Gasteiger charge is -2.34. The molecule has 0 bridgehead atoms. The van der Waals surface area contributed by atoms with Gasteiger partial charge in [-0.3, -0.25) is 9.78 Å². The number of hydrogen-bond donors (Lipinski definition) is 0. The molecule has 2 aromatic heterocycles. The third-order valence-corrected chi connectivity index (χ3v) is 5.48. The van der Waals surface area contributed by atoms with E-state index in [-0.39, 0.29) is 5.41 Å². The first-order valence-corrected chi connectivity index (χ1v) is 9.16. The average Bonchev–Trinajstić information content (AvgIpc) is 3.23. The second kappa shape index (κ2) is 6.58. The fourth-order valence-corrected chi connectivity index (χ4v) is 3.56. The molecule has 1 unspecified atom stereocenters. The maximum atomic E-state index is 12.5. The number of piperidine rings is 1. The monoisotopic (exact) mass is 340 g/mol. The smallest absolute Gasteiger partial charge is 0.259 e. The summed E-state index contributed by atoms with van der Waals surface area (Å²) in [5.74, 6) is 2.14. The molecule has 1 saturated heterocycles. The summed E-state index contributed by atoms with van der Waals surface area (Å²) in [7, 11) is 0. The van der Waals surface area contributed by atoms with Gasteiger partial charge in [0.05, 0.1) is 5.56 Å². The highest BCUT2D eigenvalue weighted by Gasteiger charge is 2.47. The predicted molar refractivity (Wildman–Crippen MR) is 92.5 cm³/mol. The number of hydrogen-bond acceptors (Lipinski definition) is 5. The Hall–Kier alpha value is -2.24. The standard InChI is InChI=1S/C19H24N4O2/c1-19(8-9-19)18(24)23-11-3-4-14(13-23)6-7-16-21-17(25-22-16)15-5-2-10-20-12-15/h2,5,10,12,14H,3-4,6-9,11,13H2,1H3. The van der Waals surface area contributed by atoms with Crippen molar-refractivity contribution in [3.63, 3.8) is 0 Å². The van der Waals surface area contributed by atoms with Crippen molar-refractivity contribution in [2.75, 3.05) is 13.1 Å². The van der Waals surface area contributed by atoms with E-state index < -0.39 is 0 Å². The molecule has 3 heterocycles. The van der Waals surface area contributed by atoms with Crippen LogP contribution in [0, 0.1) is 11.3 Å². The second-order valence-corrected chi connectivity index (χ2v) is 7.62. The van der Waals surface area contributed by atoms with Crippen LogP contribution in [0.4, 0.5) is 0 Å². The highest BCUT2D eigenvalue weighted by Crippen LogP contribution is 2.47. The first kappa shape index (κ1) is 16.2. The number of likely N-dealkylation sites (tertiary alicyclic amines) is 1. The maximum Gasteiger partial charge on any atom is 0.259 e. The van der Waals surface area contributed by atoms with E-state index in [4.69, 9.17) is 4.52 Å². The molecular formula is C19H24N4O2. The lowest BCUT2D eigenvalue weighted by Crippen LogP contribution is -2.43.